The largest absolute Gasteiger partial charge is 0.494 e. The number of aromatic nitrogens is 2. The average Bonchev–Trinajstić information content (AvgIpc) is 2.78. The van der Waals surface area contributed by atoms with Gasteiger partial charge in [-0.05, 0) is 44.7 Å². The van der Waals surface area contributed by atoms with Crippen molar-refractivity contribution in [2.75, 3.05) is 7.11 Å². The summed E-state index contributed by atoms with van der Waals surface area (Å²) in [4.78, 5) is 4.78. The molecule has 0 radical (unpaired) electrons. The second-order valence-electron chi connectivity index (χ2n) is 5.68. The molecule has 1 saturated carbocycles. The van der Waals surface area contributed by atoms with Gasteiger partial charge in [0.2, 0.25) is 0 Å². The van der Waals surface area contributed by atoms with Crippen LogP contribution in [0.2, 0.25) is 0 Å². The Morgan fingerprint density at radius 2 is 2.20 bits per heavy atom. The summed E-state index contributed by atoms with van der Waals surface area (Å²) in [5.41, 5.74) is 2.27. The minimum atomic E-state index is -0.101. The maximum atomic E-state index is 6.40. The number of fused-ring (bicyclic) bond motifs is 1. The molecule has 1 unspecified atom stereocenters. The SMILES string of the molecule is CCC1(n2c(C(C)Cl)nc3c(OC)cccc32)CCC1. The van der Waals surface area contributed by atoms with Gasteiger partial charge in [0.15, 0.2) is 0 Å². The number of halogens is 1. The predicted octanol–water partition coefficient (Wildman–Crippen LogP) is 4.63. The van der Waals surface area contributed by atoms with E-state index in [9.17, 15) is 0 Å². The van der Waals surface area contributed by atoms with E-state index in [1.165, 1.54) is 19.3 Å². The van der Waals surface area contributed by atoms with E-state index in [-0.39, 0.29) is 10.9 Å². The van der Waals surface area contributed by atoms with Crippen molar-refractivity contribution in [3.63, 3.8) is 0 Å². The molecule has 3 rings (SSSR count). The normalized spacial score (nSPS) is 18.8. The first-order chi connectivity index (χ1) is 9.63. The van der Waals surface area contributed by atoms with E-state index in [1.54, 1.807) is 7.11 Å². The lowest BCUT2D eigenvalue weighted by atomic mass is 9.74. The van der Waals surface area contributed by atoms with Crippen molar-refractivity contribution < 1.29 is 4.74 Å². The van der Waals surface area contributed by atoms with Gasteiger partial charge in [0.25, 0.3) is 0 Å². The Balaban J connectivity index is 2.30. The fourth-order valence-corrected chi connectivity index (χ4v) is 3.49. The number of rotatable bonds is 4. The third kappa shape index (κ3) is 1.83. The number of nitrogens with zero attached hydrogens (tertiary/aromatic N) is 2. The molecule has 1 atom stereocenters. The van der Waals surface area contributed by atoms with E-state index in [4.69, 9.17) is 21.3 Å². The molecule has 0 saturated heterocycles. The Labute approximate surface area is 124 Å². The Morgan fingerprint density at radius 3 is 2.70 bits per heavy atom. The van der Waals surface area contributed by atoms with Crippen molar-refractivity contribution in [3.8, 4) is 5.75 Å². The first-order valence-electron chi connectivity index (χ1n) is 7.33. The molecule has 1 aliphatic carbocycles. The molecule has 0 bridgehead atoms. The van der Waals surface area contributed by atoms with Gasteiger partial charge in [-0.25, -0.2) is 4.98 Å². The van der Waals surface area contributed by atoms with Gasteiger partial charge in [0.05, 0.1) is 18.0 Å². The molecule has 1 fully saturated rings. The lowest BCUT2D eigenvalue weighted by Crippen LogP contribution is -2.41. The van der Waals surface area contributed by atoms with Crippen molar-refractivity contribution >= 4 is 22.6 Å². The van der Waals surface area contributed by atoms with E-state index in [0.717, 1.165) is 29.0 Å². The van der Waals surface area contributed by atoms with Crippen LogP contribution in [0.1, 0.15) is 50.7 Å². The summed E-state index contributed by atoms with van der Waals surface area (Å²) >= 11 is 6.40. The monoisotopic (exact) mass is 292 g/mol. The number of methoxy groups -OCH3 is 1. The van der Waals surface area contributed by atoms with Gasteiger partial charge in [-0.3, -0.25) is 0 Å². The quantitative estimate of drug-likeness (QED) is 0.768. The second kappa shape index (κ2) is 4.96. The maximum Gasteiger partial charge on any atom is 0.146 e. The van der Waals surface area contributed by atoms with Crippen LogP contribution in [0, 0.1) is 0 Å². The number of imidazole rings is 1. The molecule has 0 spiro atoms. The molecule has 4 heteroatoms. The molecule has 1 aliphatic rings. The van der Waals surface area contributed by atoms with Crippen LogP contribution in [-0.4, -0.2) is 16.7 Å². The first kappa shape index (κ1) is 13.7. The number of alkyl halides is 1. The molecule has 0 N–H and O–H groups in total. The summed E-state index contributed by atoms with van der Waals surface area (Å²) in [5, 5.41) is -0.101. The number of para-hydroxylation sites is 1. The Hall–Kier alpha value is -1.22. The lowest BCUT2D eigenvalue weighted by molar-refractivity contribution is 0.137. The van der Waals surface area contributed by atoms with Gasteiger partial charge in [0, 0.05) is 5.54 Å². The standard InChI is InChI=1S/C16H21ClN2O/c1-4-16(9-6-10-16)19-12-7-5-8-13(20-3)14(12)18-15(19)11(2)17/h5,7-8,11H,4,6,9-10H2,1-3H3. The molecule has 1 aromatic carbocycles. The zero-order valence-corrected chi connectivity index (χ0v) is 13.1. The van der Waals surface area contributed by atoms with E-state index >= 15 is 0 Å². The molecule has 3 nitrogen and oxygen atoms in total. The van der Waals surface area contributed by atoms with Crippen molar-refractivity contribution in [1.29, 1.82) is 0 Å². The minimum Gasteiger partial charge on any atom is -0.494 e. The summed E-state index contributed by atoms with van der Waals surface area (Å²) in [6, 6.07) is 6.12. The topological polar surface area (TPSA) is 27.1 Å². The van der Waals surface area contributed by atoms with E-state index in [1.807, 2.05) is 19.1 Å². The number of hydrogen-bond donors (Lipinski definition) is 0. The summed E-state index contributed by atoms with van der Waals surface area (Å²) in [6.07, 6.45) is 4.82. The lowest BCUT2D eigenvalue weighted by Gasteiger charge is -2.44. The van der Waals surface area contributed by atoms with Gasteiger partial charge >= 0.3 is 0 Å². The smallest absolute Gasteiger partial charge is 0.146 e. The summed E-state index contributed by atoms with van der Waals surface area (Å²) < 4.78 is 7.84. The van der Waals surface area contributed by atoms with Crippen molar-refractivity contribution in [2.45, 2.75) is 50.4 Å². The molecular formula is C16H21ClN2O. The highest BCUT2D eigenvalue weighted by atomic mass is 35.5. The summed E-state index contributed by atoms with van der Waals surface area (Å²) in [5.74, 6) is 1.79. The average molecular weight is 293 g/mol. The highest BCUT2D eigenvalue weighted by Crippen LogP contribution is 2.46. The summed E-state index contributed by atoms with van der Waals surface area (Å²) in [7, 11) is 1.69. The van der Waals surface area contributed by atoms with Crippen LogP contribution in [-0.2, 0) is 5.54 Å². The maximum absolute atomic E-state index is 6.40. The minimum absolute atomic E-state index is 0.101. The fraction of sp³-hybridized carbons (Fsp3) is 0.562. The van der Waals surface area contributed by atoms with Gasteiger partial charge in [0.1, 0.15) is 17.1 Å². The van der Waals surface area contributed by atoms with Crippen LogP contribution in [0.3, 0.4) is 0 Å². The van der Waals surface area contributed by atoms with Crippen LogP contribution < -0.4 is 4.74 Å². The van der Waals surface area contributed by atoms with Crippen molar-refractivity contribution in [2.24, 2.45) is 0 Å². The van der Waals surface area contributed by atoms with Crippen LogP contribution in [0.15, 0.2) is 18.2 Å². The Bertz CT molecular complexity index is 623. The highest BCUT2D eigenvalue weighted by Gasteiger charge is 2.40. The highest BCUT2D eigenvalue weighted by molar-refractivity contribution is 6.20. The van der Waals surface area contributed by atoms with Crippen LogP contribution >= 0.6 is 11.6 Å². The zero-order chi connectivity index (χ0) is 14.3. The molecular weight excluding hydrogens is 272 g/mol. The van der Waals surface area contributed by atoms with Crippen LogP contribution in [0.25, 0.3) is 11.0 Å². The zero-order valence-electron chi connectivity index (χ0n) is 12.3. The molecule has 20 heavy (non-hydrogen) atoms. The second-order valence-corrected chi connectivity index (χ2v) is 6.34. The van der Waals surface area contributed by atoms with Crippen LogP contribution in [0.4, 0.5) is 0 Å². The Kier molecular flexibility index (Phi) is 3.41. The molecule has 1 aromatic heterocycles. The van der Waals surface area contributed by atoms with E-state index in [0.29, 0.717) is 0 Å². The molecule has 108 valence electrons. The van der Waals surface area contributed by atoms with Gasteiger partial charge in [-0.15, -0.1) is 11.6 Å². The number of ether oxygens (including phenoxy) is 1. The third-order valence-corrected chi connectivity index (χ3v) is 4.86. The van der Waals surface area contributed by atoms with Crippen molar-refractivity contribution in [3.05, 3.63) is 24.0 Å². The number of benzene rings is 1. The fourth-order valence-electron chi connectivity index (χ4n) is 3.34. The van der Waals surface area contributed by atoms with Gasteiger partial charge in [-0.1, -0.05) is 13.0 Å². The number of hydrogen-bond acceptors (Lipinski definition) is 2. The van der Waals surface area contributed by atoms with E-state index < -0.39 is 0 Å². The predicted molar refractivity (Wildman–Crippen MR) is 82.7 cm³/mol. The van der Waals surface area contributed by atoms with E-state index in [2.05, 4.69) is 17.6 Å². The summed E-state index contributed by atoms with van der Waals surface area (Å²) in [6.45, 7) is 4.25. The van der Waals surface area contributed by atoms with Gasteiger partial charge < -0.3 is 9.30 Å². The molecule has 0 amide bonds. The van der Waals surface area contributed by atoms with Crippen molar-refractivity contribution in [1.82, 2.24) is 9.55 Å². The van der Waals surface area contributed by atoms with Gasteiger partial charge in [-0.2, -0.15) is 0 Å². The molecule has 0 aliphatic heterocycles. The third-order valence-electron chi connectivity index (χ3n) is 4.67. The molecule has 1 heterocycles. The molecule has 2 aromatic rings. The first-order valence-corrected chi connectivity index (χ1v) is 7.76. The Morgan fingerprint density at radius 1 is 1.45 bits per heavy atom. The van der Waals surface area contributed by atoms with Crippen LogP contribution in [0.5, 0.6) is 5.75 Å².